The fourth-order valence-corrected chi connectivity index (χ4v) is 5.36. The number of carbonyl (C=O) groups is 1. The van der Waals surface area contributed by atoms with Crippen molar-refractivity contribution < 1.29 is 26.4 Å². The second-order valence-electron chi connectivity index (χ2n) is 7.74. The van der Waals surface area contributed by atoms with Crippen molar-refractivity contribution >= 4 is 39.0 Å². The number of nitrogens with one attached hydrogen (secondary N) is 1. The molecule has 11 heteroatoms. The van der Waals surface area contributed by atoms with Crippen molar-refractivity contribution in [3.63, 3.8) is 0 Å². The third-order valence-corrected chi connectivity index (χ3v) is 8.12. The molecular formula is C25H20F3N3O3S2. The van der Waals surface area contributed by atoms with Crippen LogP contribution in [0.4, 0.5) is 18.9 Å². The standard InChI is InChI=1S/C25H20F3N3O3S2/c1-31(20-10-8-19(9-11-20)25(26,27)28)36(33,34)21-12-5-17(6-13-21)24(32)30-23-14-7-18(16-35-23)22-4-2-3-15-29-22/h2-6,8-16H,7H2,1H3,(H,30,32). The first-order valence-electron chi connectivity index (χ1n) is 10.6. The molecule has 1 aromatic heterocycles. The normalized spacial score (nSPS) is 14.0. The van der Waals surface area contributed by atoms with Crippen LogP contribution in [-0.2, 0) is 16.2 Å². The van der Waals surface area contributed by atoms with Crippen molar-refractivity contribution in [3.05, 3.63) is 106 Å². The molecule has 0 saturated carbocycles. The summed E-state index contributed by atoms with van der Waals surface area (Å²) in [5.74, 6) is -0.400. The highest BCUT2D eigenvalue weighted by Gasteiger charge is 2.30. The van der Waals surface area contributed by atoms with Gasteiger partial charge in [0, 0.05) is 18.8 Å². The molecule has 2 heterocycles. The van der Waals surface area contributed by atoms with Crippen LogP contribution in [-0.4, -0.2) is 26.4 Å². The summed E-state index contributed by atoms with van der Waals surface area (Å²) < 4.78 is 65.1. The summed E-state index contributed by atoms with van der Waals surface area (Å²) in [6.45, 7) is 0. The maximum atomic E-state index is 12.9. The smallest absolute Gasteiger partial charge is 0.317 e. The number of allylic oxidation sites excluding steroid dienone is 2. The largest absolute Gasteiger partial charge is 0.416 e. The van der Waals surface area contributed by atoms with Crippen LogP contribution in [0, 0.1) is 0 Å². The lowest BCUT2D eigenvalue weighted by atomic mass is 10.1. The average molecular weight is 532 g/mol. The first-order valence-corrected chi connectivity index (χ1v) is 12.9. The maximum absolute atomic E-state index is 12.9. The number of alkyl halides is 3. The highest BCUT2D eigenvalue weighted by molar-refractivity contribution is 8.06. The van der Waals surface area contributed by atoms with Crippen LogP contribution in [0.25, 0.3) is 5.57 Å². The minimum absolute atomic E-state index is 0.0733. The van der Waals surface area contributed by atoms with Gasteiger partial charge in [0.1, 0.15) is 0 Å². The zero-order chi connectivity index (χ0) is 25.9. The summed E-state index contributed by atoms with van der Waals surface area (Å²) in [4.78, 5) is 16.9. The van der Waals surface area contributed by atoms with Crippen LogP contribution in [0.2, 0.25) is 0 Å². The number of thioether (sulfide) groups is 1. The third kappa shape index (κ3) is 5.63. The molecule has 1 N–H and O–H groups in total. The molecule has 1 aliphatic rings. The highest BCUT2D eigenvalue weighted by Crippen LogP contribution is 2.32. The van der Waals surface area contributed by atoms with E-state index in [-0.39, 0.29) is 16.1 Å². The monoisotopic (exact) mass is 531 g/mol. The van der Waals surface area contributed by atoms with Gasteiger partial charge in [-0.1, -0.05) is 17.8 Å². The maximum Gasteiger partial charge on any atom is 0.416 e. The average Bonchev–Trinajstić information content (AvgIpc) is 2.89. The number of benzene rings is 2. The summed E-state index contributed by atoms with van der Waals surface area (Å²) in [6.07, 6.45) is -0.319. The first kappa shape index (κ1) is 25.5. The Hall–Kier alpha value is -3.57. The van der Waals surface area contributed by atoms with E-state index in [2.05, 4.69) is 10.3 Å². The summed E-state index contributed by atoms with van der Waals surface area (Å²) in [5.41, 5.74) is 1.36. The number of anilines is 1. The summed E-state index contributed by atoms with van der Waals surface area (Å²) in [6, 6.07) is 14.8. The Morgan fingerprint density at radius 2 is 1.72 bits per heavy atom. The van der Waals surface area contributed by atoms with Gasteiger partial charge in [-0.3, -0.25) is 14.1 Å². The topological polar surface area (TPSA) is 79.4 Å². The van der Waals surface area contributed by atoms with Crippen LogP contribution in [0.15, 0.2) is 94.3 Å². The second-order valence-corrected chi connectivity index (χ2v) is 10.6. The zero-order valence-electron chi connectivity index (χ0n) is 18.9. The molecule has 0 saturated heterocycles. The van der Waals surface area contributed by atoms with Crippen molar-refractivity contribution in [2.45, 2.75) is 17.5 Å². The molecule has 2 aromatic carbocycles. The van der Waals surface area contributed by atoms with Crippen molar-refractivity contribution in [3.8, 4) is 0 Å². The number of carbonyl (C=O) groups excluding carboxylic acids is 1. The summed E-state index contributed by atoms with van der Waals surface area (Å²) >= 11 is 1.35. The summed E-state index contributed by atoms with van der Waals surface area (Å²) in [5, 5.41) is 5.37. The molecule has 1 aliphatic heterocycles. The SMILES string of the molecule is CN(c1ccc(C(F)(F)F)cc1)S(=O)(=O)c1ccc(C(=O)NC2=CCC(c3ccccn3)=CS2)cc1. The molecular weight excluding hydrogens is 511 g/mol. The van der Waals surface area contributed by atoms with Gasteiger partial charge in [0.15, 0.2) is 0 Å². The Kier molecular flexibility index (Phi) is 7.23. The molecule has 0 bridgehead atoms. The van der Waals surface area contributed by atoms with Gasteiger partial charge in [-0.25, -0.2) is 8.42 Å². The quantitative estimate of drug-likeness (QED) is 0.443. The molecule has 3 aromatic rings. The number of aromatic nitrogens is 1. The predicted molar refractivity (Wildman–Crippen MR) is 133 cm³/mol. The number of pyridine rings is 1. The van der Waals surface area contributed by atoms with Gasteiger partial charge in [-0.2, -0.15) is 13.2 Å². The molecule has 186 valence electrons. The minimum Gasteiger partial charge on any atom is -0.317 e. The molecule has 0 unspecified atom stereocenters. The van der Waals surface area contributed by atoms with E-state index in [9.17, 15) is 26.4 Å². The summed E-state index contributed by atoms with van der Waals surface area (Å²) in [7, 11) is -2.80. The number of sulfonamides is 1. The van der Waals surface area contributed by atoms with Crippen LogP contribution < -0.4 is 9.62 Å². The molecule has 6 nitrogen and oxygen atoms in total. The lowest BCUT2D eigenvalue weighted by Gasteiger charge is -2.20. The Morgan fingerprint density at radius 1 is 1.03 bits per heavy atom. The van der Waals surface area contributed by atoms with Crippen LogP contribution in [0.3, 0.4) is 0 Å². The van der Waals surface area contributed by atoms with Gasteiger partial charge in [0.2, 0.25) is 0 Å². The molecule has 0 atom stereocenters. The number of hydrogen-bond donors (Lipinski definition) is 1. The molecule has 0 aliphatic carbocycles. The van der Waals surface area contributed by atoms with Crippen LogP contribution in [0.5, 0.6) is 0 Å². The van der Waals surface area contributed by atoms with Gasteiger partial charge in [0.05, 0.1) is 26.9 Å². The van der Waals surface area contributed by atoms with Crippen molar-refractivity contribution in [2.75, 3.05) is 11.4 Å². The van der Waals surface area contributed by atoms with Gasteiger partial charge in [-0.15, -0.1) is 0 Å². The van der Waals surface area contributed by atoms with Gasteiger partial charge < -0.3 is 5.32 Å². The molecule has 36 heavy (non-hydrogen) atoms. The third-order valence-electron chi connectivity index (χ3n) is 5.40. The Morgan fingerprint density at radius 3 is 2.28 bits per heavy atom. The fraction of sp³-hybridized carbons (Fsp3) is 0.120. The Labute approximate surface area is 210 Å². The Bertz CT molecular complexity index is 1420. The molecule has 0 fully saturated rings. The van der Waals surface area contributed by atoms with Crippen LogP contribution in [0.1, 0.15) is 28.0 Å². The first-order chi connectivity index (χ1) is 17.1. The number of hydrogen-bond acceptors (Lipinski definition) is 5. The number of halogens is 3. The zero-order valence-corrected chi connectivity index (χ0v) is 20.5. The van der Waals surface area contributed by atoms with Gasteiger partial charge >= 0.3 is 6.18 Å². The van der Waals surface area contributed by atoms with Crippen molar-refractivity contribution in [1.82, 2.24) is 10.3 Å². The van der Waals surface area contributed by atoms with Crippen molar-refractivity contribution in [2.24, 2.45) is 0 Å². The lowest BCUT2D eigenvalue weighted by Crippen LogP contribution is -2.27. The Balaban J connectivity index is 1.41. The van der Waals surface area contributed by atoms with E-state index in [0.29, 0.717) is 11.4 Å². The number of nitrogens with zero attached hydrogens (tertiary/aromatic N) is 2. The second kappa shape index (κ2) is 10.2. The number of rotatable bonds is 6. The fourth-order valence-electron chi connectivity index (χ4n) is 3.35. The van der Waals surface area contributed by atoms with Crippen LogP contribution >= 0.6 is 11.8 Å². The van der Waals surface area contributed by atoms with Crippen molar-refractivity contribution in [1.29, 1.82) is 0 Å². The van der Waals surface area contributed by atoms with E-state index in [1.807, 2.05) is 29.7 Å². The predicted octanol–water partition coefficient (Wildman–Crippen LogP) is 5.67. The van der Waals surface area contributed by atoms with E-state index in [4.69, 9.17) is 0 Å². The lowest BCUT2D eigenvalue weighted by molar-refractivity contribution is -0.137. The van der Waals surface area contributed by atoms with E-state index in [1.54, 1.807) is 6.20 Å². The van der Waals surface area contributed by atoms with E-state index in [0.717, 1.165) is 39.8 Å². The van der Waals surface area contributed by atoms with Gasteiger partial charge in [-0.05, 0) is 84.1 Å². The molecule has 0 radical (unpaired) electrons. The van der Waals surface area contributed by atoms with E-state index in [1.165, 1.54) is 43.1 Å². The number of amides is 1. The van der Waals surface area contributed by atoms with E-state index >= 15 is 0 Å². The molecule has 4 rings (SSSR count). The van der Waals surface area contributed by atoms with E-state index < -0.39 is 27.7 Å². The molecule has 0 spiro atoms. The highest BCUT2D eigenvalue weighted by atomic mass is 32.2. The van der Waals surface area contributed by atoms with Gasteiger partial charge in [0.25, 0.3) is 15.9 Å². The molecule has 1 amide bonds. The minimum atomic E-state index is -4.52.